The van der Waals surface area contributed by atoms with Crippen LogP contribution in [0, 0.1) is 0 Å². The molecule has 1 aliphatic heterocycles. The van der Waals surface area contributed by atoms with Gasteiger partial charge in [0.2, 0.25) is 0 Å². The molecule has 102 valence electrons. The molecule has 2 aromatic rings. The fraction of sp³-hybridized carbons (Fsp3) is 0.462. The van der Waals surface area contributed by atoms with E-state index in [1.807, 2.05) is 6.07 Å². The molecular weight excluding hydrogens is 268 g/mol. The van der Waals surface area contributed by atoms with Crippen molar-refractivity contribution < 1.29 is 9.15 Å². The highest BCUT2D eigenvalue weighted by Crippen LogP contribution is 2.19. The van der Waals surface area contributed by atoms with Crippen molar-refractivity contribution >= 4 is 22.7 Å². The molecule has 6 heteroatoms. The maximum atomic E-state index is 11.9. The average Bonchev–Trinajstić information content (AvgIpc) is 2.68. The van der Waals surface area contributed by atoms with E-state index in [0.29, 0.717) is 30.5 Å². The van der Waals surface area contributed by atoms with Crippen molar-refractivity contribution in [3.8, 4) is 0 Å². The lowest BCUT2D eigenvalue weighted by Gasteiger charge is -2.32. The molecule has 1 aromatic heterocycles. The first kappa shape index (κ1) is 12.7. The molecule has 0 bridgehead atoms. The summed E-state index contributed by atoms with van der Waals surface area (Å²) in [6.45, 7) is 4.80. The summed E-state index contributed by atoms with van der Waals surface area (Å²) in [4.78, 5) is 14.1. The third-order valence-corrected chi connectivity index (χ3v) is 3.69. The van der Waals surface area contributed by atoms with Gasteiger partial charge in [-0.25, -0.2) is 4.79 Å². The molecule has 0 radical (unpaired) electrons. The molecule has 0 saturated carbocycles. The van der Waals surface area contributed by atoms with Gasteiger partial charge >= 0.3 is 5.76 Å². The van der Waals surface area contributed by atoms with Crippen LogP contribution in [-0.2, 0) is 11.4 Å². The largest absolute Gasteiger partial charge is 0.421 e. The van der Waals surface area contributed by atoms with E-state index in [1.54, 1.807) is 16.7 Å². The molecule has 5 nitrogen and oxygen atoms in total. The molecule has 3 rings (SSSR count). The number of aromatic nitrogens is 1. The summed E-state index contributed by atoms with van der Waals surface area (Å²) in [7, 11) is 0. The van der Waals surface area contributed by atoms with Gasteiger partial charge in [-0.15, -0.1) is 0 Å². The second-order valence-corrected chi connectivity index (χ2v) is 5.22. The smallest absolute Gasteiger partial charge is 0.408 e. The van der Waals surface area contributed by atoms with E-state index in [2.05, 4.69) is 11.8 Å². The Balaban J connectivity index is 1.96. The minimum absolute atomic E-state index is 0.290. The lowest BCUT2D eigenvalue weighted by atomic mass is 10.3. The molecular formula is C13H15ClN2O3. The summed E-state index contributed by atoms with van der Waals surface area (Å²) >= 11 is 5.90. The first-order chi connectivity index (χ1) is 9.15. The number of benzene rings is 1. The van der Waals surface area contributed by atoms with Gasteiger partial charge in [-0.1, -0.05) is 11.6 Å². The van der Waals surface area contributed by atoms with Crippen LogP contribution in [0.3, 0.4) is 0 Å². The van der Waals surface area contributed by atoms with Gasteiger partial charge in [0.1, 0.15) is 0 Å². The Morgan fingerprint density at radius 3 is 3.11 bits per heavy atom. The van der Waals surface area contributed by atoms with Crippen LogP contribution < -0.4 is 5.76 Å². The first-order valence-electron chi connectivity index (χ1n) is 6.26. The number of morpholine rings is 1. The number of hydrogen-bond acceptors (Lipinski definition) is 4. The number of nitrogens with zero attached hydrogens (tertiary/aromatic N) is 2. The minimum atomic E-state index is -0.351. The summed E-state index contributed by atoms with van der Waals surface area (Å²) in [6, 6.07) is 5.53. The van der Waals surface area contributed by atoms with Crippen molar-refractivity contribution in [3.63, 3.8) is 0 Å². The number of rotatable bonds is 2. The van der Waals surface area contributed by atoms with E-state index >= 15 is 0 Å². The third-order valence-electron chi connectivity index (χ3n) is 3.46. The minimum Gasteiger partial charge on any atom is -0.408 e. The Bertz CT molecular complexity index is 649. The highest BCUT2D eigenvalue weighted by molar-refractivity contribution is 6.31. The second-order valence-electron chi connectivity index (χ2n) is 4.79. The van der Waals surface area contributed by atoms with Gasteiger partial charge in [0.15, 0.2) is 5.58 Å². The second kappa shape index (κ2) is 5.00. The van der Waals surface area contributed by atoms with Gasteiger partial charge in [0.05, 0.1) is 25.4 Å². The van der Waals surface area contributed by atoms with Gasteiger partial charge in [0.25, 0.3) is 0 Å². The summed E-state index contributed by atoms with van der Waals surface area (Å²) in [5.41, 5.74) is 1.30. The predicted molar refractivity (Wildman–Crippen MR) is 72.5 cm³/mol. The lowest BCUT2D eigenvalue weighted by molar-refractivity contribution is -0.0155. The zero-order valence-corrected chi connectivity index (χ0v) is 11.4. The number of halogens is 1. The van der Waals surface area contributed by atoms with Crippen molar-refractivity contribution in [1.82, 2.24) is 9.47 Å². The fourth-order valence-electron chi connectivity index (χ4n) is 2.33. The van der Waals surface area contributed by atoms with Crippen molar-refractivity contribution in [2.45, 2.75) is 19.6 Å². The Morgan fingerprint density at radius 1 is 1.47 bits per heavy atom. The van der Waals surface area contributed by atoms with Crippen LogP contribution in [0.5, 0.6) is 0 Å². The van der Waals surface area contributed by atoms with Gasteiger partial charge in [-0.05, 0) is 19.1 Å². The quantitative estimate of drug-likeness (QED) is 0.844. The van der Waals surface area contributed by atoms with Crippen LogP contribution >= 0.6 is 11.6 Å². The highest BCUT2D eigenvalue weighted by Gasteiger charge is 2.21. The summed E-state index contributed by atoms with van der Waals surface area (Å²) < 4.78 is 12.2. The topological polar surface area (TPSA) is 47.6 Å². The molecule has 0 N–H and O–H groups in total. The fourth-order valence-corrected chi connectivity index (χ4v) is 2.49. The zero-order valence-electron chi connectivity index (χ0n) is 10.6. The number of oxazole rings is 1. The lowest BCUT2D eigenvalue weighted by Crippen LogP contribution is -2.45. The van der Waals surface area contributed by atoms with E-state index in [-0.39, 0.29) is 11.8 Å². The highest BCUT2D eigenvalue weighted by atomic mass is 35.5. The Hall–Kier alpha value is -1.30. The third kappa shape index (κ3) is 2.41. The molecule has 1 aromatic carbocycles. The van der Waals surface area contributed by atoms with Crippen LogP contribution in [0.4, 0.5) is 0 Å². The van der Waals surface area contributed by atoms with E-state index in [1.165, 1.54) is 0 Å². The Kier molecular flexibility index (Phi) is 3.35. The normalized spacial score (nSPS) is 21.1. The van der Waals surface area contributed by atoms with Gasteiger partial charge < -0.3 is 9.15 Å². The van der Waals surface area contributed by atoms with E-state index < -0.39 is 0 Å². The molecule has 0 amide bonds. The van der Waals surface area contributed by atoms with Gasteiger partial charge in [-0.2, -0.15) is 0 Å². The molecule has 1 fully saturated rings. The maximum absolute atomic E-state index is 11.9. The summed E-state index contributed by atoms with van der Waals surface area (Å²) in [5.74, 6) is -0.351. The maximum Gasteiger partial charge on any atom is 0.421 e. The predicted octanol–water partition coefficient (Wildman–Crippen LogP) is 1.93. The Morgan fingerprint density at radius 2 is 2.32 bits per heavy atom. The van der Waals surface area contributed by atoms with Crippen LogP contribution in [-0.4, -0.2) is 35.3 Å². The molecule has 0 aliphatic carbocycles. The van der Waals surface area contributed by atoms with Crippen molar-refractivity contribution in [2.75, 3.05) is 19.8 Å². The van der Waals surface area contributed by atoms with E-state index in [0.717, 1.165) is 12.1 Å². The molecule has 1 atom stereocenters. The number of fused-ring (bicyclic) bond motifs is 1. The molecule has 2 heterocycles. The van der Waals surface area contributed by atoms with Crippen LogP contribution in [0.25, 0.3) is 11.1 Å². The van der Waals surface area contributed by atoms with E-state index in [4.69, 9.17) is 20.8 Å². The van der Waals surface area contributed by atoms with Crippen molar-refractivity contribution in [3.05, 3.63) is 33.8 Å². The van der Waals surface area contributed by atoms with Crippen LogP contribution in [0.15, 0.2) is 27.4 Å². The van der Waals surface area contributed by atoms with Crippen molar-refractivity contribution in [2.24, 2.45) is 0 Å². The summed E-state index contributed by atoms with van der Waals surface area (Å²) in [6.07, 6.45) is 0. The molecule has 19 heavy (non-hydrogen) atoms. The standard InChI is InChI=1S/C13H15ClN2O3/c1-9-7-18-5-4-15(9)8-16-11-3-2-10(14)6-12(11)19-13(16)17/h2-3,6,9H,4-5,7-8H2,1H3. The number of hydrogen-bond donors (Lipinski definition) is 0. The Labute approximate surface area is 115 Å². The van der Waals surface area contributed by atoms with Gasteiger partial charge in [0, 0.05) is 23.7 Å². The zero-order chi connectivity index (χ0) is 13.4. The van der Waals surface area contributed by atoms with Crippen LogP contribution in [0.2, 0.25) is 5.02 Å². The van der Waals surface area contributed by atoms with Gasteiger partial charge in [-0.3, -0.25) is 9.47 Å². The number of ether oxygens (including phenoxy) is 1. The molecule has 1 aliphatic rings. The van der Waals surface area contributed by atoms with E-state index in [9.17, 15) is 4.79 Å². The first-order valence-corrected chi connectivity index (χ1v) is 6.63. The summed E-state index contributed by atoms with van der Waals surface area (Å²) in [5, 5.41) is 0.563. The molecule has 1 saturated heterocycles. The monoisotopic (exact) mass is 282 g/mol. The average molecular weight is 283 g/mol. The molecule has 0 spiro atoms. The molecule has 1 unspecified atom stereocenters. The van der Waals surface area contributed by atoms with Crippen molar-refractivity contribution in [1.29, 1.82) is 0 Å². The SMILES string of the molecule is CC1COCCN1Cn1c(=O)oc2cc(Cl)ccc21. The van der Waals surface area contributed by atoms with Crippen LogP contribution in [0.1, 0.15) is 6.92 Å².